The van der Waals surface area contributed by atoms with E-state index in [1.807, 2.05) is 62.4 Å². The summed E-state index contributed by atoms with van der Waals surface area (Å²) in [4.78, 5) is 17.6. The summed E-state index contributed by atoms with van der Waals surface area (Å²) in [6.07, 6.45) is 0. The van der Waals surface area contributed by atoms with Gasteiger partial charge in [0.05, 0.1) is 18.0 Å². The molecular formula is C30H35N3O6S. The van der Waals surface area contributed by atoms with Gasteiger partial charge in [-0.1, -0.05) is 36.4 Å². The third-order valence-corrected chi connectivity index (χ3v) is 8.95. The van der Waals surface area contributed by atoms with Crippen LogP contribution in [0.4, 0.5) is 0 Å². The van der Waals surface area contributed by atoms with E-state index in [-0.39, 0.29) is 30.7 Å². The lowest BCUT2D eigenvalue weighted by Crippen LogP contribution is -2.51. The van der Waals surface area contributed by atoms with Gasteiger partial charge >= 0.3 is 0 Å². The number of amides is 1. The van der Waals surface area contributed by atoms with Crippen molar-refractivity contribution in [1.82, 2.24) is 14.1 Å². The van der Waals surface area contributed by atoms with E-state index in [0.717, 1.165) is 34.7 Å². The van der Waals surface area contributed by atoms with Gasteiger partial charge in [-0.25, -0.2) is 8.42 Å². The lowest BCUT2D eigenvalue weighted by molar-refractivity contribution is -0.133. The summed E-state index contributed by atoms with van der Waals surface area (Å²) < 4.78 is 45.3. The van der Waals surface area contributed by atoms with Gasteiger partial charge in [0, 0.05) is 39.3 Å². The number of sulfonamides is 1. The SMILES string of the molecule is CCOc1ccc(S(=O)(=O)N(CC(=O)N2CCN(Cc3ccc4c(c3)OCO4)CC2)Cc2ccccc2)cc1C. The van der Waals surface area contributed by atoms with Crippen LogP contribution in [0.15, 0.2) is 71.6 Å². The lowest BCUT2D eigenvalue weighted by Gasteiger charge is -2.35. The molecule has 0 spiro atoms. The smallest absolute Gasteiger partial charge is 0.243 e. The molecule has 2 aliphatic heterocycles. The minimum atomic E-state index is -3.95. The van der Waals surface area contributed by atoms with Crippen molar-refractivity contribution in [2.45, 2.75) is 31.8 Å². The van der Waals surface area contributed by atoms with Crippen molar-refractivity contribution < 1.29 is 27.4 Å². The number of carbonyl (C=O) groups is 1. The lowest BCUT2D eigenvalue weighted by atomic mass is 10.1. The third-order valence-electron chi connectivity index (χ3n) is 7.17. The molecule has 0 unspecified atom stereocenters. The zero-order valence-electron chi connectivity index (χ0n) is 22.9. The van der Waals surface area contributed by atoms with E-state index in [9.17, 15) is 13.2 Å². The van der Waals surface area contributed by atoms with Gasteiger partial charge in [0.25, 0.3) is 0 Å². The van der Waals surface area contributed by atoms with Crippen molar-refractivity contribution in [2.75, 3.05) is 46.1 Å². The molecule has 0 aromatic heterocycles. The highest BCUT2D eigenvalue weighted by molar-refractivity contribution is 7.89. The summed E-state index contributed by atoms with van der Waals surface area (Å²) in [5.41, 5.74) is 2.66. The van der Waals surface area contributed by atoms with Crippen LogP contribution >= 0.6 is 0 Å². The molecule has 3 aromatic carbocycles. The Morgan fingerprint density at radius 2 is 1.68 bits per heavy atom. The fourth-order valence-electron chi connectivity index (χ4n) is 4.97. The summed E-state index contributed by atoms with van der Waals surface area (Å²) in [5.74, 6) is 1.96. The minimum absolute atomic E-state index is 0.102. The Kier molecular flexibility index (Phi) is 8.58. The summed E-state index contributed by atoms with van der Waals surface area (Å²) in [7, 11) is -3.95. The highest BCUT2D eigenvalue weighted by atomic mass is 32.2. The Morgan fingerprint density at radius 3 is 2.40 bits per heavy atom. The Labute approximate surface area is 235 Å². The third kappa shape index (κ3) is 6.41. The van der Waals surface area contributed by atoms with Crippen molar-refractivity contribution in [1.29, 1.82) is 0 Å². The Morgan fingerprint density at radius 1 is 0.925 bits per heavy atom. The van der Waals surface area contributed by atoms with Crippen LogP contribution in [0.25, 0.3) is 0 Å². The van der Waals surface area contributed by atoms with Crippen molar-refractivity contribution in [3.05, 3.63) is 83.4 Å². The number of hydrogen-bond donors (Lipinski definition) is 0. The molecule has 0 atom stereocenters. The molecule has 0 N–H and O–H groups in total. The molecule has 2 heterocycles. The first-order chi connectivity index (χ1) is 19.3. The maximum atomic E-state index is 13.8. The number of nitrogens with zero attached hydrogens (tertiary/aromatic N) is 3. The first-order valence-corrected chi connectivity index (χ1v) is 14.9. The highest BCUT2D eigenvalue weighted by Crippen LogP contribution is 2.33. The van der Waals surface area contributed by atoms with E-state index in [1.165, 1.54) is 4.31 Å². The molecule has 40 heavy (non-hydrogen) atoms. The van der Waals surface area contributed by atoms with Crippen LogP contribution in [0.5, 0.6) is 17.2 Å². The van der Waals surface area contributed by atoms with Gasteiger partial charge in [-0.2, -0.15) is 4.31 Å². The fourth-order valence-corrected chi connectivity index (χ4v) is 6.43. The van der Waals surface area contributed by atoms with Crippen molar-refractivity contribution in [3.63, 3.8) is 0 Å². The number of ether oxygens (including phenoxy) is 3. The van der Waals surface area contributed by atoms with Crippen molar-refractivity contribution >= 4 is 15.9 Å². The predicted molar refractivity (Wildman–Crippen MR) is 151 cm³/mol. The monoisotopic (exact) mass is 565 g/mol. The summed E-state index contributed by atoms with van der Waals surface area (Å²) in [5, 5.41) is 0. The molecule has 212 valence electrons. The maximum Gasteiger partial charge on any atom is 0.243 e. The average molecular weight is 566 g/mol. The van der Waals surface area contributed by atoms with Crippen molar-refractivity contribution in [3.8, 4) is 17.2 Å². The van der Waals surface area contributed by atoms with E-state index in [2.05, 4.69) is 4.90 Å². The number of fused-ring (bicyclic) bond motifs is 1. The second kappa shape index (κ2) is 12.3. The van der Waals surface area contributed by atoms with Crippen LogP contribution in [0.1, 0.15) is 23.6 Å². The number of piperazine rings is 1. The molecule has 2 aliphatic rings. The number of rotatable bonds is 10. The first-order valence-electron chi connectivity index (χ1n) is 13.5. The number of hydrogen-bond acceptors (Lipinski definition) is 7. The van der Waals surface area contributed by atoms with Crippen LogP contribution in [0.2, 0.25) is 0 Å². The van der Waals surface area contributed by atoms with Gasteiger partial charge < -0.3 is 19.1 Å². The molecule has 1 saturated heterocycles. The average Bonchev–Trinajstić information content (AvgIpc) is 3.43. The number of aryl methyl sites for hydroxylation is 1. The van der Waals surface area contributed by atoms with Gasteiger partial charge in [0.1, 0.15) is 5.75 Å². The zero-order valence-corrected chi connectivity index (χ0v) is 23.7. The molecule has 0 aliphatic carbocycles. The minimum Gasteiger partial charge on any atom is -0.494 e. The van der Waals surface area contributed by atoms with Crippen LogP contribution in [-0.4, -0.2) is 74.6 Å². The van der Waals surface area contributed by atoms with E-state index in [0.29, 0.717) is 38.5 Å². The normalized spacial score (nSPS) is 15.4. The van der Waals surface area contributed by atoms with Gasteiger partial charge in [0.15, 0.2) is 11.5 Å². The highest BCUT2D eigenvalue weighted by Gasteiger charge is 2.30. The Balaban J connectivity index is 1.26. The van der Waals surface area contributed by atoms with Gasteiger partial charge in [-0.15, -0.1) is 0 Å². The molecule has 5 rings (SSSR count). The molecule has 0 bridgehead atoms. The van der Waals surface area contributed by atoms with Crippen LogP contribution in [0.3, 0.4) is 0 Å². The van der Waals surface area contributed by atoms with E-state index in [1.54, 1.807) is 23.1 Å². The standard InChI is InChI=1S/C30H35N3O6S/c1-3-37-27-12-10-26(17-23(27)2)40(35,36)33(20-24-7-5-4-6-8-24)21-30(34)32-15-13-31(14-16-32)19-25-9-11-28-29(18-25)39-22-38-28/h4-12,17-18H,3,13-16,19-22H2,1-2H3. The van der Waals surface area contributed by atoms with Gasteiger partial charge in [-0.05, 0) is 60.9 Å². The van der Waals surface area contributed by atoms with Gasteiger partial charge in [-0.3, -0.25) is 9.69 Å². The topological polar surface area (TPSA) is 88.6 Å². The molecule has 0 saturated carbocycles. The molecular weight excluding hydrogens is 530 g/mol. The van der Waals surface area contributed by atoms with Crippen LogP contribution in [-0.2, 0) is 27.9 Å². The molecule has 0 radical (unpaired) electrons. The van der Waals surface area contributed by atoms with E-state index in [4.69, 9.17) is 14.2 Å². The molecule has 1 amide bonds. The summed E-state index contributed by atoms with van der Waals surface area (Å²) in [6, 6.07) is 20.1. The van der Waals surface area contributed by atoms with Crippen molar-refractivity contribution in [2.24, 2.45) is 0 Å². The Bertz CT molecular complexity index is 1440. The fraction of sp³-hybridized carbons (Fsp3) is 0.367. The first kappa shape index (κ1) is 27.9. The van der Waals surface area contributed by atoms with Crippen LogP contribution < -0.4 is 14.2 Å². The second-order valence-corrected chi connectivity index (χ2v) is 11.9. The number of carbonyl (C=O) groups excluding carboxylic acids is 1. The Hall–Kier alpha value is -3.60. The second-order valence-electron chi connectivity index (χ2n) is 9.96. The summed E-state index contributed by atoms with van der Waals surface area (Å²) >= 11 is 0. The number of benzene rings is 3. The molecule has 10 heteroatoms. The zero-order chi connectivity index (χ0) is 28.1. The molecule has 1 fully saturated rings. The largest absolute Gasteiger partial charge is 0.494 e. The quantitative estimate of drug-likeness (QED) is 0.371. The van der Waals surface area contributed by atoms with E-state index < -0.39 is 10.0 Å². The maximum absolute atomic E-state index is 13.8. The predicted octanol–water partition coefficient (Wildman–Crippen LogP) is 3.66. The summed E-state index contributed by atoms with van der Waals surface area (Å²) in [6.45, 7) is 7.51. The van der Waals surface area contributed by atoms with E-state index >= 15 is 0 Å². The van der Waals surface area contributed by atoms with Crippen LogP contribution in [0, 0.1) is 6.92 Å². The van der Waals surface area contributed by atoms with Gasteiger partial charge in [0.2, 0.25) is 22.7 Å². The molecule has 3 aromatic rings. The molecule has 9 nitrogen and oxygen atoms in total.